The first-order valence-electron chi connectivity index (χ1n) is 6.14. The smallest absolute Gasteiger partial charge is 0.272 e. The van der Waals surface area contributed by atoms with E-state index in [2.05, 4.69) is 15.3 Å². The highest BCUT2D eigenvalue weighted by Crippen LogP contribution is 2.20. The Hall–Kier alpha value is -2.34. The second-order valence-corrected chi connectivity index (χ2v) is 5.53. The minimum atomic E-state index is -0.159. The van der Waals surface area contributed by atoms with Crippen molar-refractivity contribution in [3.8, 4) is 0 Å². The standard InChI is InChI=1S/C14H14N4OS/c1-18(2)10-5-3-9(4-6-10)16-14(19)11-7-12-13(17-11)15-8-20-12/h3-8,17H,1-2H3,(H,16,19). The lowest BCUT2D eigenvalue weighted by Crippen LogP contribution is -2.13. The summed E-state index contributed by atoms with van der Waals surface area (Å²) in [7, 11) is 3.96. The molecule has 0 radical (unpaired) electrons. The fourth-order valence-electron chi connectivity index (χ4n) is 1.91. The summed E-state index contributed by atoms with van der Waals surface area (Å²) in [5.74, 6) is -0.159. The van der Waals surface area contributed by atoms with E-state index in [9.17, 15) is 4.79 Å². The van der Waals surface area contributed by atoms with E-state index < -0.39 is 0 Å². The Morgan fingerprint density at radius 1 is 1.30 bits per heavy atom. The molecule has 1 aromatic carbocycles. The average Bonchev–Trinajstić information content (AvgIpc) is 2.99. The molecule has 6 heteroatoms. The molecule has 2 N–H and O–H groups in total. The van der Waals surface area contributed by atoms with Gasteiger partial charge in [0.15, 0.2) is 0 Å². The highest BCUT2D eigenvalue weighted by molar-refractivity contribution is 7.16. The van der Waals surface area contributed by atoms with Crippen LogP contribution in [0.15, 0.2) is 35.8 Å². The number of aromatic amines is 1. The molecule has 0 saturated carbocycles. The van der Waals surface area contributed by atoms with Gasteiger partial charge in [-0.05, 0) is 30.3 Å². The first kappa shape index (κ1) is 12.7. The SMILES string of the molecule is CN(C)c1ccc(NC(=O)c2cc3scnc3[nH]2)cc1. The predicted octanol–water partition coefficient (Wildman–Crippen LogP) is 2.94. The number of nitrogens with zero attached hydrogens (tertiary/aromatic N) is 2. The van der Waals surface area contributed by atoms with Crippen LogP contribution in [0.2, 0.25) is 0 Å². The molecule has 0 aliphatic carbocycles. The summed E-state index contributed by atoms with van der Waals surface area (Å²) in [6.45, 7) is 0. The molecule has 0 aliphatic rings. The van der Waals surface area contributed by atoms with E-state index in [-0.39, 0.29) is 5.91 Å². The number of thiazole rings is 1. The van der Waals surface area contributed by atoms with Crippen molar-refractivity contribution in [3.63, 3.8) is 0 Å². The van der Waals surface area contributed by atoms with Gasteiger partial charge in [0.25, 0.3) is 5.91 Å². The number of benzene rings is 1. The third kappa shape index (κ3) is 2.37. The van der Waals surface area contributed by atoms with Crippen molar-refractivity contribution < 1.29 is 4.79 Å². The van der Waals surface area contributed by atoms with Gasteiger partial charge in [-0.3, -0.25) is 4.79 Å². The van der Waals surface area contributed by atoms with E-state index in [0.29, 0.717) is 5.69 Å². The molecule has 2 heterocycles. The van der Waals surface area contributed by atoms with Crippen molar-refractivity contribution in [1.82, 2.24) is 9.97 Å². The van der Waals surface area contributed by atoms with E-state index >= 15 is 0 Å². The molecule has 0 unspecified atom stereocenters. The molecule has 0 aliphatic heterocycles. The molecule has 102 valence electrons. The van der Waals surface area contributed by atoms with Crippen LogP contribution in [0, 0.1) is 0 Å². The van der Waals surface area contributed by atoms with Crippen LogP contribution in [0.1, 0.15) is 10.5 Å². The summed E-state index contributed by atoms with van der Waals surface area (Å²) in [6.07, 6.45) is 0. The summed E-state index contributed by atoms with van der Waals surface area (Å²) >= 11 is 1.51. The number of amides is 1. The van der Waals surface area contributed by atoms with Gasteiger partial charge in [-0.15, -0.1) is 11.3 Å². The average molecular weight is 286 g/mol. The Bertz CT molecular complexity index is 713. The predicted molar refractivity (Wildman–Crippen MR) is 82.7 cm³/mol. The fourth-order valence-corrected chi connectivity index (χ4v) is 2.58. The van der Waals surface area contributed by atoms with Gasteiger partial charge in [0.1, 0.15) is 11.3 Å². The van der Waals surface area contributed by atoms with Gasteiger partial charge in [0, 0.05) is 25.5 Å². The zero-order valence-electron chi connectivity index (χ0n) is 11.2. The largest absolute Gasteiger partial charge is 0.378 e. The van der Waals surface area contributed by atoms with Crippen molar-refractivity contribution in [2.45, 2.75) is 0 Å². The zero-order chi connectivity index (χ0) is 14.1. The molecule has 0 saturated heterocycles. The lowest BCUT2D eigenvalue weighted by Gasteiger charge is -2.12. The number of carbonyl (C=O) groups excluding carboxylic acids is 1. The number of aromatic nitrogens is 2. The minimum Gasteiger partial charge on any atom is -0.378 e. The van der Waals surface area contributed by atoms with E-state index in [1.165, 1.54) is 11.3 Å². The van der Waals surface area contributed by atoms with Crippen LogP contribution in [-0.2, 0) is 0 Å². The van der Waals surface area contributed by atoms with E-state index in [0.717, 1.165) is 21.7 Å². The molecule has 0 spiro atoms. The summed E-state index contributed by atoms with van der Waals surface area (Å²) in [4.78, 5) is 21.3. The maximum Gasteiger partial charge on any atom is 0.272 e. The molecule has 3 aromatic rings. The second-order valence-electron chi connectivity index (χ2n) is 4.64. The van der Waals surface area contributed by atoms with Crippen LogP contribution in [0.25, 0.3) is 10.3 Å². The molecule has 1 amide bonds. The molecule has 20 heavy (non-hydrogen) atoms. The third-order valence-electron chi connectivity index (χ3n) is 3.01. The van der Waals surface area contributed by atoms with Gasteiger partial charge >= 0.3 is 0 Å². The molecule has 2 aromatic heterocycles. The van der Waals surface area contributed by atoms with Crippen molar-refractivity contribution in [1.29, 1.82) is 0 Å². The van der Waals surface area contributed by atoms with Gasteiger partial charge in [-0.1, -0.05) is 0 Å². The van der Waals surface area contributed by atoms with Crippen LogP contribution < -0.4 is 10.2 Å². The number of rotatable bonds is 3. The van der Waals surface area contributed by atoms with Crippen LogP contribution >= 0.6 is 11.3 Å². The summed E-state index contributed by atoms with van der Waals surface area (Å²) in [6, 6.07) is 9.51. The van der Waals surface area contributed by atoms with Crippen molar-refractivity contribution in [2.24, 2.45) is 0 Å². The van der Waals surface area contributed by atoms with E-state index in [4.69, 9.17) is 0 Å². The van der Waals surface area contributed by atoms with Crippen molar-refractivity contribution in [2.75, 3.05) is 24.3 Å². The van der Waals surface area contributed by atoms with E-state index in [1.54, 1.807) is 5.51 Å². The van der Waals surface area contributed by atoms with Gasteiger partial charge in [0.05, 0.1) is 10.2 Å². The van der Waals surface area contributed by atoms with Crippen molar-refractivity contribution >= 4 is 39.0 Å². The van der Waals surface area contributed by atoms with Gasteiger partial charge in [-0.25, -0.2) is 4.98 Å². The summed E-state index contributed by atoms with van der Waals surface area (Å²) < 4.78 is 0.984. The number of hydrogen-bond acceptors (Lipinski definition) is 4. The third-order valence-corrected chi connectivity index (χ3v) is 3.79. The van der Waals surface area contributed by atoms with E-state index in [1.807, 2.05) is 49.3 Å². The first-order chi connectivity index (χ1) is 9.63. The highest BCUT2D eigenvalue weighted by Gasteiger charge is 2.11. The Morgan fingerprint density at radius 2 is 2.05 bits per heavy atom. The number of anilines is 2. The van der Waals surface area contributed by atoms with Gasteiger partial charge in [0.2, 0.25) is 0 Å². The number of hydrogen-bond donors (Lipinski definition) is 2. The molecular formula is C14H14N4OS. The van der Waals surface area contributed by atoms with Crippen LogP contribution in [0.3, 0.4) is 0 Å². The number of H-pyrrole nitrogens is 1. The number of carbonyl (C=O) groups is 1. The molecule has 0 bridgehead atoms. The molecule has 3 rings (SSSR count). The maximum absolute atomic E-state index is 12.1. The molecule has 0 fully saturated rings. The van der Waals surface area contributed by atoms with Gasteiger partial charge < -0.3 is 15.2 Å². The Morgan fingerprint density at radius 3 is 2.70 bits per heavy atom. The van der Waals surface area contributed by atoms with Crippen LogP contribution in [0.5, 0.6) is 0 Å². The first-order valence-corrected chi connectivity index (χ1v) is 7.02. The molecule has 5 nitrogen and oxygen atoms in total. The van der Waals surface area contributed by atoms with Crippen molar-refractivity contribution in [3.05, 3.63) is 41.5 Å². The lowest BCUT2D eigenvalue weighted by atomic mass is 10.2. The number of fused-ring (bicyclic) bond motifs is 1. The Kier molecular flexibility index (Phi) is 3.15. The Labute approximate surface area is 120 Å². The summed E-state index contributed by atoms with van der Waals surface area (Å²) in [5, 5.41) is 2.86. The lowest BCUT2D eigenvalue weighted by molar-refractivity contribution is 0.102. The quantitative estimate of drug-likeness (QED) is 0.778. The van der Waals surface area contributed by atoms with Crippen LogP contribution in [0.4, 0.5) is 11.4 Å². The molecule has 0 atom stereocenters. The van der Waals surface area contributed by atoms with Crippen LogP contribution in [-0.4, -0.2) is 30.0 Å². The molecular weight excluding hydrogens is 272 g/mol. The topological polar surface area (TPSA) is 61.0 Å². The normalized spacial score (nSPS) is 10.7. The Balaban J connectivity index is 1.76. The fraction of sp³-hybridized carbons (Fsp3) is 0.143. The monoisotopic (exact) mass is 286 g/mol. The maximum atomic E-state index is 12.1. The minimum absolute atomic E-state index is 0.159. The van der Waals surface area contributed by atoms with Gasteiger partial charge in [-0.2, -0.15) is 0 Å². The second kappa shape index (κ2) is 4.97. The highest BCUT2D eigenvalue weighted by atomic mass is 32.1. The zero-order valence-corrected chi connectivity index (χ0v) is 12.0. The summed E-state index contributed by atoms with van der Waals surface area (Å²) in [5.41, 5.74) is 4.89. The number of nitrogens with one attached hydrogen (secondary N) is 2.